The van der Waals surface area contributed by atoms with Crippen molar-refractivity contribution < 1.29 is 14.0 Å². The molecule has 3 N–H and O–H groups in total. The molecule has 0 spiro atoms. The molecule has 2 aromatic carbocycles. The Labute approximate surface area is 183 Å². The number of pyridine rings is 1. The molecule has 8 heteroatoms. The van der Waals surface area contributed by atoms with E-state index in [-0.39, 0.29) is 24.1 Å². The Morgan fingerprint density at radius 2 is 1.59 bits per heavy atom. The number of nitrogens with zero attached hydrogens (tertiary/aromatic N) is 2. The van der Waals surface area contributed by atoms with E-state index in [9.17, 15) is 14.0 Å². The number of halogens is 1. The summed E-state index contributed by atoms with van der Waals surface area (Å²) in [5, 5.41) is 12.8. The van der Waals surface area contributed by atoms with Crippen LogP contribution in [0, 0.1) is 5.82 Å². The maximum atomic E-state index is 13.4. The molecular weight excluding hydrogens is 409 g/mol. The second-order valence-electron chi connectivity index (χ2n) is 7.17. The third kappa shape index (κ3) is 4.86. The molecular formula is C24H20FN5O2. The Morgan fingerprint density at radius 1 is 0.906 bits per heavy atom. The summed E-state index contributed by atoms with van der Waals surface area (Å²) in [6.45, 7) is 1.44. The van der Waals surface area contributed by atoms with Gasteiger partial charge in [-0.25, -0.2) is 4.39 Å². The second-order valence-corrected chi connectivity index (χ2v) is 7.17. The van der Waals surface area contributed by atoms with Crippen LogP contribution in [0.15, 0.2) is 73.1 Å². The summed E-state index contributed by atoms with van der Waals surface area (Å²) in [4.78, 5) is 27.9. The van der Waals surface area contributed by atoms with E-state index in [0.717, 1.165) is 16.7 Å². The monoisotopic (exact) mass is 429 g/mol. The Morgan fingerprint density at radius 3 is 2.25 bits per heavy atom. The van der Waals surface area contributed by atoms with Gasteiger partial charge in [0.05, 0.1) is 17.7 Å². The lowest BCUT2D eigenvalue weighted by Gasteiger charge is -2.09. The Kier molecular flexibility index (Phi) is 6.03. The van der Waals surface area contributed by atoms with Crippen LogP contribution < -0.4 is 10.6 Å². The quantitative estimate of drug-likeness (QED) is 0.422. The van der Waals surface area contributed by atoms with Crippen molar-refractivity contribution in [3.63, 3.8) is 0 Å². The molecule has 0 radical (unpaired) electrons. The molecule has 0 fully saturated rings. The topological polar surface area (TPSA) is 99.8 Å². The maximum absolute atomic E-state index is 13.4. The van der Waals surface area contributed by atoms with Gasteiger partial charge in [-0.15, -0.1) is 0 Å². The highest BCUT2D eigenvalue weighted by Gasteiger charge is 2.19. The van der Waals surface area contributed by atoms with E-state index in [1.807, 2.05) is 12.1 Å². The Bertz CT molecular complexity index is 1240. The Hall–Kier alpha value is -4.33. The molecule has 0 aliphatic rings. The molecule has 2 heterocycles. The van der Waals surface area contributed by atoms with Crippen LogP contribution in [0.5, 0.6) is 0 Å². The van der Waals surface area contributed by atoms with Crippen molar-refractivity contribution in [1.82, 2.24) is 15.2 Å². The fourth-order valence-electron chi connectivity index (χ4n) is 3.33. The van der Waals surface area contributed by atoms with Crippen molar-refractivity contribution >= 4 is 23.3 Å². The zero-order valence-electron chi connectivity index (χ0n) is 17.2. The fraction of sp³-hybridized carbons (Fsp3) is 0.0833. The molecule has 4 rings (SSSR count). The lowest BCUT2D eigenvalue weighted by atomic mass is 10.0. The summed E-state index contributed by atoms with van der Waals surface area (Å²) in [6, 6.07) is 16.7. The van der Waals surface area contributed by atoms with Gasteiger partial charge in [-0.1, -0.05) is 12.1 Å². The first-order chi connectivity index (χ1) is 15.5. The van der Waals surface area contributed by atoms with E-state index >= 15 is 0 Å². The molecule has 32 heavy (non-hydrogen) atoms. The molecule has 0 saturated carbocycles. The standard InChI is InChI=1S/C24H20FN5O2/c1-15(31)27-20-8-2-16(3-9-20)14-21(32)28-24-22(17-10-12-26-13-11-17)23(29-30-24)18-4-6-19(25)7-5-18/h2-13H,14H2,1H3,(H,27,31)(H2,28,29,30,32). The van der Waals surface area contributed by atoms with Crippen molar-refractivity contribution in [3.8, 4) is 22.4 Å². The number of rotatable bonds is 6. The number of nitrogens with one attached hydrogen (secondary N) is 3. The van der Waals surface area contributed by atoms with Crippen LogP contribution in [0.2, 0.25) is 0 Å². The van der Waals surface area contributed by atoms with Crippen molar-refractivity contribution in [2.75, 3.05) is 10.6 Å². The first-order valence-corrected chi connectivity index (χ1v) is 9.90. The zero-order chi connectivity index (χ0) is 22.5. The van der Waals surface area contributed by atoms with E-state index in [2.05, 4.69) is 25.8 Å². The maximum Gasteiger partial charge on any atom is 0.230 e. The molecule has 4 aromatic rings. The zero-order valence-corrected chi connectivity index (χ0v) is 17.2. The Balaban J connectivity index is 1.58. The molecule has 7 nitrogen and oxygen atoms in total. The summed E-state index contributed by atoms with van der Waals surface area (Å²) >= 11 is 0. The lowest BCUT2D eigenvalue weighted by molar-refractivity contribution is -0.116. The number of H-pyrrole nitrogens is 1. The highest BCUT2D eigenvalue weighted by atomic mass is 19.1. The molecule has 2 amide bonds. The van der Waals surface area contributed by atoms with Gasteiger partial charge in [-0.05, 0) is 59.7 Å². The van der Waals surface area contributed by atoms with Gasteiger partial charge in [0.25, 0.3) is 0 Å². The summed E-state index contributed by atoms with van der Waals surface area (Å²) in [5.74, 6) is -0.369. The molecule has 0 atom stereocenters. The molecule has 0 saturated heterocycles. The van der Waals surface area contributed by atoms with Gasteiger partial charge in [-0.3, -0.25) is 19.7 Å². The number of anilines is 2. The molecule has 160 valence electrons. The first kappa shape index (κ1) is 20.9. The van der Waals surface area contributed by atoms with Crippen LogP contribution in [0.3, 0.4) is 0 Å². The van der Waals surface area contributed by atoms with Crippen molar-refractivity contribution in [1.29, 1.82) is 0 Å². The van der Waals surface area contributed by atoms with E-state index in [1.165, 1.54) is 19.1 Å². The van der Waals surface area contributed by atoms with Crippen molar-refractivity contribution in [2.24, 2.45) is 0 Å². The van der Waals surface area contributed by atoms with Gasteiger partial charge < -0.3 is 10.6 Å². The summed E-state index contributed by atoms with van der Waals surface area (Å²) < 4.78 is 13.4. The molecule has 0 aliphatic carbocycles. The number of carbonyl (C=O) groups is 2. The van der Waals surface area contributed by atoms with Gasteiger partial charge in [0.2, 0.25) is 11.8 Å². The first-order valence-electron chi connectivity index (χ1n) is 9.90. The van der Waals surface area contributed by atoms with Crippen LogP contribution >= 0.6 is 0 Å². The summed E-state index contributed by atoms with van der Waals surface area (Å²) in [5.41, 5.74) is 4.34. The number of hydrogen-bond donors (Lipinski definition) is 3. The van der Waals surface area contributed by atoms with Gasteiger partial charge >= 0.3 is 0 Å². The highest BCUT2D eigenvalue weighted by Crippen LogP contribution is 2.36. The molecule has 0 bridgehead atoms. The third-order valence-electron chi connectivity index (χ3n) is 4.77. The predicted molar refractivity (Wildman–Crippen MR) is 120 cm³/mol. The van der Waals surface area contributed by atoms with E-state index in [0.29, 0.717) is 22.8 Å². The van der Waals surface area contributed by atoms with Crippen molar-refractivity contribution in [2.45, 2.75) is 13.3 Å². The van der Waals surface area contributed by atoms with Crippen LogP contribution in [0.4, 0.5) is 15.9 Å². The molecule has 0 unspecified atom stereocenters. The summed E-state index contributed by atoms with van der Waals surface area (Å²) in [7, 11) is 0. The number of hydrogen-bond acceptors (Lipinski definition) is 4. The van der Waals surface area contributed by atoms with Crippen LogP contribution in [-0.2, 0) is 16.0 Å². The number of aromatic nitrogens is 3. The minimum atomic E-state index is -0.336. The average Bonchev–Trinajstić information content (AvgIpc) is 3.19. The second kappa shape index (κ2) is 9.22. The van der Waals surface area contributed by atoms with Gasteiger partial charge in [-0.2, -0.15) is 5.10 Å². The number of aromatic amines is 1. The van der Waals surface area contributed by atoms with E-state index in [4.69, 9.17) is 0 Å². The van der Waals surface area contributed by atoms with Crippen LogP contribution in [0.1, 0.15) is 12.5 Å². The van der Waals surface area contributed by atoms with Gasteiger partial charge in [0, 0.05) is 30.6 Å². The minimum absolute atomic E-state index is 0.134. The minimum Gasteiger partial charge on any atom is -0.326 e. The highest BCUT2D eigenvalue weighted by molar-refractivity contribution is 5.98. The van der Waals surface area contributed by atoms with Gasteiger partial charge in [0.1, 0.15) is 5.82 Å². The largest absolute Gasteiger partial charge is 0.326 e. The lowest BCUT2D eigenvalue weighted by Crippen LogP contribution is -2.15. The summed E-state index contributed by atoms with van der Waals surface area (Å²) in [6.07, 6.45) is 3.44. The third-order valence-corrected chi connectivity index (χ3v) is 4.77. The predicted octanol–water partition coefficient (Wildman–Crippen LogP) is 4.42. The van der Waals surface area contributed by atoms with E-state index in [1.54, 1.807) is 48.8 Å². The fourth-order valence-corrected chi connectivity index (χ4v) is 3.33. The number of benzene rings is 2. The molecule has 0 aliphatic heterocycles. The van der Waals surface area contributed by atoms with Crippen LogP contribution in [-0.4, -0.2) is 27.0 Å². The van der Waals surface area contributed by atoms with Gasteiger partial charge in [0.15, 0.2) is 5.82 Å². The SMILES string of the molecule is CC(=O)Nc1ccc(CC(=O)Nc2n[nH]c(-c3ccc(F)cc3)c2-c2ccncc2)cc1. The number of carbonyl (C=O) groups excluding carboxylic acids is 2. The van der Waals surface area contributed by atoms with Crippen LogP contribution in [0.25, 0.3) is 22.4 Å². The molecule has 2 aromatic heterocycles. The normalized spacial score (nSPS) is 10.6. The smallest absolute Gasteiger partial charge is 0.230 e. The number of amides is 2. The van der Waals surface area contributed by atoms with E-state index < -0.39 is 0 Å². The van der Waals surface area contributed by atoms with Crippen molar-refractivity contribution in [3.05, 3.63) is 84.4 Å². The average molecular weight is 429 g/mol.